The van der Waals surface area contributed by atoms with Gasteiger partial charge in [-0.1, -0.05) is 34.8 Å². The zero-order valence-corrected chi connectivity index (χ0v) is 15.8. The van der Waals surface area contributed by atoms with Crippen LogP contribution in [0.3, 0.4) is 0 Å². The minimum atomic E-state index is 0.187. The molecule has 134 valence electrons. The van der Waals surface area contributed by atoms with Gasteiger partial charge in [-0.25, -0.2) is 4.98 Å². The minimum Gasteiger partial charge on any atom is -0.507 e. The molecule has 4 rings (SSSR count). The van der Waals surface area contributed by atoms with Crippen molar-refractivity contribution in [1.82, 2.24) is 4.98 Å². The summed E-state index contributed by atoms with van der Waals surface area (Å²) in [4.78, 5) is 8.93. The summed E-state index contributed by atoms with van der Waals surface area (Å²) < 4.78 is 5.80. The fourth-order valence-electron chi connectivity index (χ4n) is 2.70. The van der Waals surface area contributed by atoms with Crippen molar-refractivity contribution < 1.29 is 9.52 Å². The van der Waals surface area contributed by atoms with Gasteiger partial charge in [-0.3, -0.25) is 4.99 Å². The third kappa shape index (κ3) is 3.68. The fourth-order valence-corrected chi connectivity index (χ4v) is 3.18. The molecule has 0 atom stereocenters. The fraction of sp³-hybridized carbons (Fsp3) is 0.0476. The van der Waals surface area contributed by atoms with Crippen LogP contribution in [0.25, 0.3) is 22.6 Å². The van der Waals surface area contributed by atoms with E-state index in [1.807, 2.05) is 31.2 Å². The van der Waals surface area contributed by atoms with Gasteiger partial charge in [0.05, 0.1) is 16.3 Å². The number of halogens is 2. The number of aromatic hydroxyl groups is 1. The molecule has 0 saturated heterocycles. The van der Waals surface area contributed by atoms with E-state index in [2.05, 4.69) is 9.98 Å². The molecule has 6 heteroatoms. The van der Waals surface area contributed by atoms with Crippen molar-refractivity contribution in [2.45, 2.75) is 6.92 Å². The summed E-state index contributed by atoms with van der Waals surface area (Å²) >= 11 is 12.2. The lowest BCUT2D eigenvalue weighted by molar-refractivity contribution is 0.474. The van der Waals surface area contributed by atoms with Gasteiger partial charge >= 0.3 is 0 Å². The maximum atomic E-state index is 9.92. The Morgan fingerprint density at radius 2 is 1.89 bits per heavy atom. The van der Waals surface area contributed by atoms with E-state index >= 15 is 0 Å². The Hall–Kier alpha value is -2.82. The number of hydrogen-bond donors (Lipinski definition) is 1. The number of phenols is 1. The summed E-state index contributed by atoms with van der Waals surface area (Å²) in [6, 6.07) is 16.0. The lowest BCUT2D eigenvalue weighted by Gasteiger charge is -2.00. The molecule has 1 heterocycles. The number of fused-ring (bicyclic) bond motifs is 1. The van der Waals surface area contributed by atoms with E-state index in [0.29, 0.717) is 43.9 Å². The summed E-state index contributed by atoms with van der Waals surface area (Å²) in [7, 11) is 0. The highest BCUT2D eigenvalue weighted by Gasteiger charge is 2.12. The summed E-state index contributed by atoms with van der Waals surface area (Å²) in [5, 5.41) is 10.9. The monoisotopic (exact) mass is 396 g/mol. The van der Waals surface area contributed by atoms with Crippen LogP contribution < -0.4 is 0 Å². The van der Waals surface area contributed by atoms with Crippen LogP contribution in [-0.2, 0) is 0 Å². The normalized spacial score (nSPS) is 11.5. The number of oxazole rings is 1. The molecule has 0 fully saturated rings. The van der Waals surface area contributed by atoms with Crippen molar-refractivity contribution >= 4 is 46.2 Å². The van der Waals surface area contributed by atoms with E-state index in [0.717, 1.165) is 5.56 Å². The van der Waals surface area contributed by atoms with Gasteiger partial charge < -0.3 is 9.52 Å². The summed E-state index contributed by atoms with van der Waals surface area (Å²) in [5.41, 5.74) is 4.37. The van der Waals surface area contributed by atoms with Gasteiger partial charge in [0.1, 0.15) is 11.3 Å². The van der Waals surface area contributed by atoms with Crippen LogP contribution in [0.2, 0.25) is 10.0 Å². The maximum absolute atomic E-state index is 9.92. The molecule has 0 unspecified atom stereocenters. The van der Waals surface area contributed by atoms with Crippen LogP contribution in [0.1, 0.15) is 11.1 Å². The second kappa shape index (κ2) is 7.06. The number of aryl methyl sites for hydroxylation is 1. The van der Waals surface area contributed by atoms with Gasteiger partial charge in [0.2, 0.25) is 5.89 Å². The van der Waals surface area contributed by atoms with Gasteiger partial charge in [-0.15, -0.1) is 0 Å². The molecule has 0 aliphatic heterocycles. The van der Waals surface area contributed by atoms with Crippen molar-refractivity contribution in [3.63, 3.8) is 0 Å². The molecule has 0 radical (unpaired) electrons. The zero-order chi connectivity index (χ0) is 19.0. The lowest BCUT2D eigenvalue weighted by Crippen LogP contribution is -1.83. The Morgan fingerprint density at radius 1 is 1.04 bits per heavy atom. The number of rotatable bonds is 3. The van der Waals surface area contributed by atoms with E-state index < -0.39 is 0 Å². The summed E-state index contributed by atoms with van der Waals surface area (Å²) in [5.74, 6) is 0.607. The number of aromatic nitrogens is 1. The Bertz CT molecular complexity index is 1180. The molecule has 3 aromatic carbocycles. The van der Waals surface area contributed by atoms with Crippen LogP contribution >= 0.6 is 23.2 Å². The van der Waals surface area contributed by atoms with Gasteiger partial charge in [-0.05, 0) is 55.5 Å². The first kappa shape index (κ1) is 17.6. The molecule has 0 spiro atoms. The molecule has 0 saturated carbocycles. The van der Waals surface area contributed by atoms with Crippen molar-refractivity contribution in [2.24, 2.45) is 4.99 Å². The summed E-state index contributed by atoms with van der Waals surface area (Å²) in [6.07, 6.45) is 1.63. The standard InChI is InChI=1S/C21H14Cl2N2O2/c1-12-2-6-19(26)13(8-12)11-24-15-4-7-20-18(10-15)25-21(27-20)16-5-3-14(22)9-17(16)23/h2-11,26H,1H3. The van der Waals surface area contributed by atoms with Crippen LogP contribution in [0.4, 0.5) is 5.69 Å². The van der Waals surface area contributed by atoms with E-state index in [-0.39, 0.29) is 5.75 Å². The van der Waals surface area contributed by atoms with Crippen LogP contribution in [0.5, 0.6) is 5.75 Å². The van der Waals surface area contributed by atoms with Crippen LogP contribution in [-0.4, -0.2) is 16.3 Å². The van der Waals surface area contributed by atoms with Gasteiger partial charge in [0.15, 0.2) is 5.58 Å². The molecule has 0 bridgehead atoms. The van der Waals surface area contributed by atoms with E-state index in [9.17, 15) is 5.11 Å². The zero-order valence-electron chi connectivity index (χ0n) is 14.3. The van der Waals surface area contributed by atoms with Crippen molar-refractivity contribution in [1.29, 1.82) is 0 Å². The third-order valence-electron chi connectivity index (χ3n) is 4.07. The maximum Gasteiger partial charge on any atom is 0.228 e. The van der Waals surface area contributed by atoms with Crippen molar-refractivity contribution in [2.75, 3.05) is 0 Å². The first-order valence-electron chi connectivity index (χ1n) is 8.19. The molecule has 4 nitrogen and oxygen atoms in total. The molecule has 0 amide bonds. The van der Waals surface area contributed by atoms with E-state index in [4.69, 9.17) is 27.6 Å². The first-order valence-corrected chi connectivity index (χ1v) is 8.95. The van der Waals surface area contributed by atoms with Gasteiger partial charge in [-0.2, -0.15) is 0 Å². The predicted molar refractivity (Wildman–Crippen MR) is 110 cm³/mol. The molecule has 27 heavy (non-hydrogen) atoms. The SMILES string of the molecule is Cc1ccc(O)c(C=Nc2ccc3oc(-c4ccc(Cl)cc4Cl)nc3c2)c1. The Morgan fingerprint density at radius 3 is 2.70 bits per heavy atom. The second-order valence-electron chi connectivity index (χ2n) is 6.12. The molecule has 4 aromatic rings. The van der Waals surface area contributed by atoms with E-state index in [1.54, 1.807) is 36.5 Å². The molecular formula is C21H14Cl2N2O2. The Labute approximate surface area is 165 Å². The van der Waals surface area contributed by atoms with Crippen LogP contribution in [0.15, 0.2) is 64.0 Å². The van der Waals surface area contributed by atoms with E-state index in [1.165, 1.54) is 0 Å². The van der Waals surface area contributed by atoms with Gasteiger partial charge in [0.25, 0.3) is 0 Å². The van der Waals surface area contributed by atoms with Crippen molar-refractivity contribution in [3.05, 3.63) is 75.8 Å². The number of nitrogens with zero attached hydrogens (tertiary/aromatic N) is 2. The van der Waals surface area contributed by atoms with Crippen molar-refractivity contribution in [3.8, 4) is 17.2 Å². The topological polar surface area (TPSA) is 58.6 Å². The summed E-state index contributed by atoms with van der Waals surface area (Å²) in [6.45, 7) is 1.96. The molecule has 1 N–H and O–H groups in total. The highest BCUT2D eigenvalue weighted by atomic mass is 35.5. The number of hydrogen-bond acceptors (Lipinski definition) is 4. The molecule has 0 aliphatic carbocycles. The lowest BCUT2D eigenvalue weighted by atomic mass is 10.1. The highest BCUT2D eigenvalue weighted by molar-refractivity contribution is 6.36. The smallest absolute Gasteiger partial charge is 0.228 e. The second-order valence-corrected chi connectivity index (χ2v) is 6.96. The van der Waals surface area contributed by atoms with Crippen LogP contribution in [0, 0.1) is 6.92 Å². The first-order chi connectivity index (χ1) is 13.0. The predicted octanol–water partition coefficient (Wildman–Crippen LogP) is 6.57. The molecular weight excluding hydrogens is 383 g/mol. The average molecular weight is 397 g/mol. The third-order valence-corrected chi connectivity index (χ3v) is 4.62. The van der Waals surface area contributed by atoms with Gasteiger partial charge in [0, 0.05) is 16.8 Å². The Balaban J connectivity index is 1.68. The number of phenolic OH excluding ortho intramolecular Hbond substituents is 1. The molecule has 0 aliphatic rings. The largest absolute Gasteiger partial charge is 0.507 e. The highest BCUT2D eigenvalue weighted by Crippen LogP contribution is 2.33. The number of benzene rings is 3. The Kier molecular flexibility index (Phi) is 4.60. The average Bonchev–Trinajstić information content (AvgIpc) is 3.05. The minimum absolute atomic E-state index is 0.187. The molecule has 1 aromatic heterocycles. The quantitative estimate of drug-likeness (QED) is 0.398. The number of aliphatic imine (C=N–C) groups is 1.